The second-order valence-corrected chi connectivity index (χ2v) is 6.96. The van der Waals surface area contributed by atoms with Gasteiger partial charge in [-0.2, -0.15) is 0 Å². The number of carbonyl (C=O) groups is 1. The number of nitrogens with zero attached hydrogens (tertiary/aromatic N) is 1. The predicted molar refractivity (Wildman–Crippen MR) is 102 cm³/mol. The zero-order valence-corrected chi connectivity index (χ0v) is 15.2. The summed E-state index contributed by atoms with van der Waals surface area (Å²) in [6, 6.07) is 15.8. The Kier molecular flexibility index (Phi) is 4.98. The van der Waals surface area contributed by atoms with Crippen molar-refractivity contribution in [2.45, 2.75) is 24.7 Å². The molecule has 2 aromatic carbocycles. The Balaban J connectivity index is 1.75. The van der Waals surface area contributed by atoms with Gasteiger partial charge in [0.15, 0.2) is 0 Å². The number of rotatable bonds is 6. The summed E-state index contributed by atoms with van der Waals surface area (Å²) in [7, 11) is 5.65. The lowest BCUT2D eigenvalue weighted by molar-refractivity contribution is 0.0927. The van der Waals surface area contributed by atoms with Crippen molar-refractivity contribution in [2.24, 2.45) is 0 Å². The lowest BCUT2D eigenvalue weighted by Crippen LogP contribution is -2.45. The number of para-hydroxylation sites is 1. The largest absolute Gasteiger partial charge is 0.496 e. The fourth-order valence-electron chi connectivity index (χ4n) is 3.50. The summed E-state index contributed by atoms with van der Waals surface area (Å²) in [5.74, 6) is 0.885. The maximum atomic E-state index is 12.6. The second kappa shape index (κ2) is 7.18. The van der Waals surface area contributed by atoms with Crippen LogP contribution < -0.4 is 15.0 Å². The van der Waals surface area contributed by atoms with Crippen LogP contribution in [0.5, 0.6) is 5.75 Å². The highest BCUT2D eigenvalue weighted by Crippen LogP contribution is 2.46. The number of hydrogen-bond acceptors (Lipinski definition) is 3. The van der Waals surface area contributed by atoms with E-state index in [0.29, 0.717) is 12.1 Å². The number of benzene rings is 2. The lowest BCUT2D eigenvalue weighted by atomic mass is 9.64. The molecular formula is C21H26N2O2. The molecule has 4 nitrogen and oxygen atoms in total. The highest BCUT2D eigenvalue weighted by Gasteiger charge is 2.40. The van der Waals surface area contributed by atoms with Crippen molar-refractivity contribution in [2.75, 3.05) is 32.6 Å². The van der Waals surface area contributed by atoms with E-state index in [1.165, 1.54) is 12.0 Å². The number of methoxy groups -OCH3 is 1. The average molecular weight is 338 g/mol. The average Bonchev–Trinajstić information content (AvgIpc) is 2.61. The van der Waals surface area contributed by atoms with Gasteiger partial charge in [-0.3, -0.25) is 4.79 Å². The van der Waals surface area contributed by atoms with E-state index >= 15 is 0 Å². The topological polar surface area (TPSA) is 41.6 Å². The highest BCUT2D eigenvalue weighted by molar-refractivity contribution is 5.95. The maximum Gasteiger partial charge on any atom is 0.251 e. The van der Waals surface area contributed by atoms with Crippen LogP contribution >= 0.6 is 0 Å². The van der Waals surface area contributed by atoms with Crippen LogP contribution in [0.3, 0.4) is 0 Å². The smallest absolute Gasteiger partial charge is 0.251 e. The summed E-state index contributed by atoms with van der Waals surface area (Å²) >= 11 is 0. The summed E-state index contributed by atoms with van der Waals surface area (Å²) < 4.78 is 5.54. The van der Waals surface area contributed by atoms with E-state index in [9.17, 15) is 4.79 Å². The predicted octanol–water partition coefficient (Wildman–Crippen LogP) is 3.61. The van der Waals surface area contributed by atoms with Gasteiger partial charge >= 0.3 is 0 Å². The molecule has 1 aliphatic rings. The van der Waals surface area contributed by atoms with E-state index in [1.807, 2.05) is 61.5 Å². The SMILES string of the molecule is COc1ccccc1C1(CNC(=O)c2cccc(N(C)C)c2)CCC1. The number of nitrogens with one attached hydrogen (secondary N) is 1. The third kappa shape index (κ3) is 3.48. The fourth-order valence-corrected chi connectivity index (χ4v) is 3.50. The molecule has 0 atom stereocenters. The molecule has 0 radical (unpaired) electrons. The van der Waals surface area contributed by atoms with Crippen molar-refractivity contribution in [3.63, 3.8) is 0 Å². The van der Waals surface area contributed by atoms with Crippen molar-refractivity contribution in [1.29, 1.82) is 0 Å². The van der Waals surface area contributed by atoms with Crippen LogP contribution in [0.2, 0.25) is 0 Å². The fraction of sp³-hybridized carbons (Fsp3) is 0.381. The minimum Gasteiger partial charge on any atom is -0.496 e. The van der Waals surface area contributed by atoms with E-state index in [4.69, 9.17) is 4.74 Å². The molecule has 3 rings (SSSR count). The number of ether oxygens (including phenoxy) is 1. The Hall–Kier alpha value is -2.49. The molecule has 4 heteroatoms. The van der Waals surface area contributed by atoms with Crippen LogP contribution in [0.1, 0.15) is 35.2 Å². The van der Waals surface area contributed by atoms with Crippen molar-refractivity contribution in [3.05, 3.63) is 59.7 Å². The highest BCUT2D eigenvalue weighted by atomic mass is 16.5. The van der Waals surface area contributed by atoms with Crippen molar-refractivity contribution in [3.8, 4) is 5.75 Å². The van der Waals surface area contributed by atoms with Gasteiger partial charge in [-0.1, -0.05) is 30.7 Å². The van der Waals surface area contributed by atoms with Gasteiger partial charge in [0.25, 0.3) is 5.91 Å². The molecule has 0 spiro atoms. The molecular weight excluding hydrogens is 312 g/mol. The van der Waals surface area contributed by atoms with E-state index in [0.717, 1.165) is 24.3 Å². The molecule has 1 fully saturated rings. The zero-order chi connectivity index (χ0) is 17.9. The normalized spacial score (nSPS) is 15.2. The maximum absolute atomic E-state index is 12.6. The quantitative estimate of drug-likeness (QED) is 0.875. The van der Waals surface area contributed by atoms with Crippen LogP contribution in [0.15, 0.2) is 48.5 Å². The lowest BCUT2D eigenvalue weighted by Gasteiger charge is -2.43. The summed E-state index contributed by atoms with van der Waals surface area (Å²) in [6.07, 6.45) is 3.33. The van der Waals surface area contributed by atoms with Crippen molar-refractivity contribution < 1.29 is 9.53 Å². The van der Waals surface area contributed by atoms with Crippen LogP contribution in [-0.2, 0) is 5.41 Å². The Labute approximate surface area is 149 Å². The van der Waals surface area contributed by atoms with E-state index in [1.54, 1.807) is 7.11 Å². The zero-order valence-electron chi connectivity index (χ0n) is 15.2. The first-order chi connectivity index (χ1) is 12.1. The molecule has 1 saturated carbocycles. The number of anilines is 1. The third-order valence-electron chi connectivity index (χ3n) is 5.20. The molecule has 1 N–H and O–H groups in total. The Morgan fingerprint density at radius 1 is 1.16 bits per heavy atom. The molecule has 0 saturated heterocycles. The molecule has 1 aliphatic carbocycles. The van der Waals surface area contributed by atoms with Crippen LogP contribution in [-0.4, -0.2) is 33.7 Å². The molecule has 0 bridgehead atoms. The number of carbonyl (C=O) groups excluding carboxylic acids is 1. The van der Waals surface area contributed by atoms with E-state index in [2.05, 4.69) is 11.4 Å². The van der Waals surface area contributed by atoms with Gasteiger partial charge in [-0.15, -0.1) is 0 Å². The Morgan fingerprint density at radius 3 is 2.56 bits per heavy atom. The van der Waals surface area contributed by atoms with E-state index < -0.39 is 0 Å². The monoisotopic (exact) mass is 338 g/mol. The number of hydrogen-bond donors (Lipinski definition) is 1. The summed E-state index contributed by atoms with van der Waals surface area (Å²) in [5, 5.41) is 3.14. The first-order valence-corrected chi connectivity index (χ1v) is 8.75. The van der Waals surface area contributed by atoms with Gasteiger partial charge in [0.05, 0.1) is 7.11 Å². The summed E-state index contributed by atoms with van der Waals surface area (Å²) in [6.45, 7) is 0.637. The molecule has 1 amide bonds. The Bertz CT molecular complexity index is 751. The van der Waals surface area contributed by atoms with Gasteiger partial charge in [0.2, 0.25) is 0 Å². The molecule has 25 heavy (non-hydrogen) atoms. The van der Waals surface area contributed by atoms with Crippen LogP contribution in [0.4, 0.5) is 5.69 Å². The molecule has 0 unspecified atom stereocenters. The molecule has 132 valence electrons. The standard InChI is InChI=1S/C21H26N2O2/c1-23(2)17-9-6-8-16(14-17)20(24)22-15-21(12-7-13-21)18-10-4-5-11-19(18)25-3/h4-6,8-11,14H,7,12-13,15H2,1-3H3,(H,22,24). The van der Waals surface area contributed by atoms with Crippen molar-refractivity contribution >= 4 is 11.6 Å². The first-order valence-electron chi connectivity index (χ1n) is 8.75. The summed E-state index contributed by atoms with van der Waals surface area (Å²) in [4.78, 5) is 14.6. The van der Waals surface area contributed by atoms with Crippen molar-refractivity contribution in [1.82, 2.24) is 5.32 Å². The van der Waals surface area contributed by atoms with Gasteiger partial charge in [-0.25, -0.2) is 0 Å². The first kappa shape index (κ1) is 17.3. The molecule has 0 aromatic heterocycles. The molecule has 2 aromatic rings. The van der Waals surface area contributed by atoms with Gasteiger partial charge in [0.1, 0.15) is 5.75 Å². The van der Waals surface area contributed by atoms with Gasteiger partial charge in [0, 0.05) is 42.9 Å². The van der Waals surface area contributed by atoms with Gasteiger partial charge in [-0.05, 0) is 37.1 Å². The number of amides is 1. The second-order valence-electron chi connectivity index (χ2n) is 6.96. The molecule has 0 heterocycles. The minimum atomic E-state index is -0.0233. The van der Waals surface area contributed by atoms with Crippen LogP contribution in [0.25, 0.3) is 0 Å². The molecule has 0 aliphatic heterocycles. The summed E-state index contributed by atoms with van der Waals surface area (Å²) in [5.41, 5.74) is 2.91. The Morgan fingerprint density at radius 2 is 1.92 bits per heavy atom. The van der Waals surface area contributed by atoms with Crippen LogP contribution in [0, 0.1) is 0 Å². The van der Waals surface area contributed by atoms with E-state index in [-0.39, 0.29) is 11.3 Å². The van der Waals surface area contributed by atoms with Gasteiger partial charge < -0.3 is 15.0 Å². The minimum absolute atomic E-state index is 0.0125. The third-order valence-corrected chi connectivity index (χ3v) is 5.20.